The van der Waals surface area contributed by atoms with Crippen LogP contribution in [-0.2, 0) is 5.41 Å². The summed E-state index contributed by atoms with van der Waals surface area (Å²) in [5.74, 6) is 2.87. The minimum atomic E-state index is 0.103. The van der Waals surface area contributed by atoms with Gasteiger partial charge < -0.3 is 11.5 Å². The zero-order valence-corrected chi connectivity index (χ0v) is 23.0. The van der Waals surface area contributed by atoms with Gasteiger partial charge in [0.15, 0.2) is 0 Å². The summed E-state index contributed by atoms with van der Waals surface area (Å²) in [5, 5.41) is 0. The predicted octanol–water partition coefficient (Wildman–Crippen LogP) is 9.66. The summed E-state index contributed by atoms with van der Waals surface area (Å²) in [4.78, 5) is 0. The summed E-state index contributed by atoms with van der Waals surface area (Å²) >= 11 is 0. The van der Waals surface area contributed by atoms with Gasteiger partial charge in [0.05, 0.1) is 0 Å². The molecule has 2 saturated carbocycles. The van der Waals surface area contributed by atoms with Gasteiger partial charge in [-0.1, -0.05) is 102 Å². The molecular formula is C34H52N2. The Kier molecular flexibility index (Phi) is 10.2. The summed E-state index contributed by atoms with van der Waals surface area (Å²) in [5.41, 5.74) is 16.7. The van der Waals surface area contributed by atoms with Crippen molar-refractivity contribution in [3.05, 3.63) is 59.7 Å². The second kappa shape index (κ2) is 13.5. The van der Waals surface area contributed by atoms with Gasteiger partial charge in [0, 0.05) is 16.8 Å². The number of unbranched alkanes of at least 4 members (excludes halogenated alkanes) is 7. The Balaban J connectivity index is 1.25. The molecule has 2 aromatic rings. The summed E-state index contributed by atoms with van der Waals surface area (Å²) in [6.07, 6.45) is 24.1. The van der Waals surface area contributed by atoms with E-state index >= 15 is 0 Å². The number of hydrogen-bond acceptors (Lipinski definition) is 2. The van der Waals surface area contributed by atoms with Gasteiger partial charge in [-0.2, -0.15) is 0 Å². The first-order valence-electron chi connectivity index (χ1n) is 15.3. The van der Waals surface area contributed by atoms with Crippen molar-refractivity contribution < 1.29 is 0 Å². The monoisotopic (exact) mass is 488 g/mol. The smallest absolute Gasteiger partial charge is 0.0314 e. The van der Waals surface area contributed by atoms with Crippen molar-refractivity contribution in [1.82, 2.24) is 0 Å². The molecule has 2 heteroatoms. The average Bonchev–Trinajstić information content (AvgIpc) is 2.91. The van der Waals surface area contributed by atoms with Crippen molar-refractivity contribution in [1.29, 1.82) is 0 Å². The standard InChI is InChI=1S/C34H52N2/c1-2-3-4-5-6-7-8-9-10-27-11-13-28(14-12-27)29-23-25-34(26-24-29,30-15-19-32(35)20-16-30)31-17-21-33(36)22-18-31/h15-22,27-29H,2-14,23-26,35-36H2,1H3/t27-,28-. The van der Waals surface area contributed by atoms with Crippen LogP contribution in [0.5, 0.6) is 0 Å². The number of anilines is 2. The number of hydrogen-bond donors (Lipinski definition) is 2. The molecule has 2 aliphatic rings. The van der Waals surface area contributed by atoms with Gasteiger partial charge in [0.2, 0.25) is 0 Å². The molecule has 0 spiro atoms. The van der Waals surface area contributed by atoms with Crippen molar-refractivity contribution in [3.8, 4) is 0 Å². The van der Waals surface area contributed by atoms with Crippen molar-refractivity contribution in [2.24, 2.45) is 17.8 Å². The quantitative estimate of drug-likeness (QED) is 0.231. The van der Waals surface area contributed by atoms with Crippen LogP contribution in [0, 0.1) is 17.8 Å². The molecule has 0 aromatic heterocycles. The lowest BCUT2D eigenvalue weighted by Crippen LogP contribution is -2.36. The van der Waals surface area contributed by atoms with Crippen LogP contribution in [0.1, 0.15) is 127 Å². The molecule has 36 heavy (non-hydrogen) atoms. The third kappa shape index (κ3) is 7.08. The van der Waals surface area contributed by atoms with E-state index in [-0.39, 0.29) is 5.41 Å². The van der Waals surface area contributed by atoms with Gasteiger partial charge in [-0.15, -0.1) is 0 Å². The normalized spacial score (nSPS) is 22.5. The van der Waals surface area contributed by atoms with Crippen molar-refractivity contribution in [3.63, 3.8) is 0 Å². The molecule has 0 unspecified atom stereocenters. The van der Waals surface area contributed by atoms with E-state index in [4.69, 9.17) is 11.5 Å². The van der Waals surface area contributed by atoms with Crippen LogP contribution in [0.3, 0.4) is 0 Å². The molecule has 2 aliphatic carbocycles. The summed E-state index contributed by atoms with van der Waals surface area (Å²) in [6.45, 7) is 2.30. The van der Waals surface area contributed by atoms with Crippen LogP contribution in [0.4, 0.5) is 11.4 Å². The fourth-order valence-corrected chi connectivity index (χ4v) is 7.47. The van der Waals surface area contributed by atoms with Gasteiger partial charge in [-0.05, 0) is 91.7 Å². The number of benzene rings is 2. The van der Waals surface area contributed by atoms with E-state index in [2.05, 4.69) is 55.5 Å². The SMILES string of the molecule is CCCCCCCCCC[C@H]1CC[C@H](C2CCC(c3ccc(N)cc3)(c3ccc(N)cc3)CC2)CC1. The molecule has 198 valence electrons. The topological polar surface area (TPSA) is 52.0 Å². The van der Waals surface area contributed by atoms with Crippen molar-refractivity contribution >= 4 is 11.4 Å². The molecule has 4 rings (SSSR count). The number of nitrogens with two attached hydrogens (primary N) is 2. The van der Waals surface area contributed by atoms with Crippen LogP contribution in [0.25, 0.3) is 0 Å². The lowest BCUT2D eigenvalue weighted by atomic mass is 9.60. The molecule has 4 N–H and O–H groups in total. The van der Waals surface area contributed by atoms with Gasteiger partial charge in [0.25, 0.3) is 0 Å². The van der Waals surface area contributed by atoms with E-state index in [0.29, 0.717) is 0 Å². The first-order valence-corrected chi connectivity index (χ1v) is 15.3. The fraction of sp³-hybridized carbons (Fsp3) is 0.647. The van der Waals surface area contributed by atoms with Crippen LogP contribution in [0.2, 0.25) is 0 Å². The van der Waals surface area contributed by atoms with E-state index in [1.807, 2.05) is 0 Å². The van der Waals surface area contributed by atoms with Gasteiger partial charge in [-0.25, -0.2) is 0 Å². The molecule has 0 atom stereocenters. The highest BCUT2D eigenvalue weighted by Gasteiger charge is 2.40. The van der Waals surface area contributed by atoms with Gasteiger partial charge >= 0.3 is 0 Å². The van der Waals surface area contributed by atoms with Crippen LogP contribution < -0.4 is 11.5 Å². The largest absolute Gasteiger partial charge is 0.399 e. The highest BCUT2D eigenvalue weighted by atomic mass is 14.6. The number of nitrogen functional groups attached to an aromatic ring is 2. The van der Waals surface area contributed by atoms with E-state index in [1.54, 1.807) is 0 Å². The zero-order valence-electron chi connectivity index (χ0n) is 23.0. The summed E-state index contributed by atoms with van der Waals surface area (Å²) in [7, 11) is 0. The van der Waals surface area contributed by atoms with E-state index < -0.39 is 0 Å². The maximum absolute atomic E-state index is 6.04. The molecule has 0 heterocycles. The molecule has 2 fully saturated rings. The molecule has 0 saturated heterocycles. The second-order valence-corrected chi connectivity index (χ2v) is 12.2. The van der Waals surface area contributed by atoms with Crippen LogP contribution >= 0.6 is 0 Å². The zero-order chi connectivity index (χ0) is 25.2. The lowest BCUT2D eigenvalue weighted by molar-refractivity contribution is 0.140. The molecular weight excluding hydrogens is 436 g/mol. The van der Waals surface area contributed by atoms with E-state index in [0.717, 1.165) is 29.1 Å². The first-order chi connectivity index (χ1) is 17.6. The van der Waals surface area contributed by atoms with Crippen molar-refractivity contribution in [2.45, 2.75) is 121 Å². The predicted molar refractivity (Wildman–Crippen MR) is 157 cm³/mol. The van der Waals surface area contributed by atoms with Crippen LogP contribution in [0.15, 0.2) is 48.5 Å². The molecule has 2 aromatic carbocycles. The Labute approximate surface area is 221 Å². The average molecular weight is 489 g/mol. The minimum Gasteiger partial charge on any atom is -0.399 e. The second-order valence-electron chi connectivity index (χ2n) is 12.2. The molecule has 0 bridgehead atoms. The summed E-state index contributed by atoms with van der Waals surface area (Å²) < 4.78 is 0. The Morgan fingerprint density at radius 2 is 1.03 bits per heavy atom. The molecule has 0 amide bonds. The van der Waals surface area contributed by atoms with E-state index in [1.165, 1.54) is 120 Å². The Morgan fingerprint density at radius 1 is 0.583 bits per heavy atom. The third-order valence-electron chi connectivity index (χ3n) is 9.83. The molecule has 0 aliphatic heterocycles. The lowest BCUT2D eigenvalue weighted by Gasteiger charge is -2.44. The van der Waals surface area contributed by atoms with Crippen LogP contribution in [-0.4, -0.2) is 0 Å². The molecule has 0 radical (unpaired) electrons. The maximum atomic E-state index is 6.04. The number of rotatable bonds is 12. The highest BCUT2D eigenvalue weighted by molar-refractivity contribution is 5.49. The van der Waals surface area contributed by atoms with Crippen molar-refractivity contribution in [2.75, 3.05) is 11.5 Å². The summed E-state index contributed by atoms with van der Waals surface area (Å²) in [6, 6.07) is 17.4. The minimum absolute atomic E-state index is 0.103. The first kappa shape index (κ1) is 27.1. The Morgan fingerprint density at radius 3 is 1.53 bits per heavy atom. The molecule has 2 nitrogen and oxygen atoms in total. The fourth-order valence-electron chi connectivity index (χ4n) is 7.47. The third-order valence-corrected chi connectivity index (χ3v) is 9.83. The Bertz CT molecular complexity index is 821. The van der Waals surface area contributed by atoms with E-state index in [9.17, 15) is 0 Å². The Hall–Kier alpha value is -1.96. The maximum Gasteiger partial charge on any atom is 0.0314 e. The van der Waals surface area contributed by atoms with Gasteiger partial charge in [-0.3, -0.25) is 0 Å². The highest BCUT2D eigenvalue weighted by Crippen LogP contribution is 2.50. The van der Waals surface area contributed by atoms with Gasteiger partial charge in [0.1, 0.15) is 0 Å².